The molecule has 0 aromatic heterocycles. The van der Waals surface area contributed by atoms with E-state index < -0.39 is 10.7 Å². The van der Waals surface area contributed by atoms with E-state index in [2.05, 4.69) is 64.1 Å². The van der Waals surface area contributed by atoms with Crippen LogP contribution in [-0.2, 0) is 10.7 Å². The Bertz CT molecular complexity index is 561. The Balaban J connectivity index is 2.41. The van der Waals surface area contributed by atoms with Gasteiger partial charge >= 0.3 is 0 Å². The van der Waals surface area contributed by atoms with Crippen molar-refractivity contribution in [1.29, 1.82) is 4.78 Å². The third kappa shape index (κ3) is 2.54. The number of aryl methyl sites for hydroxylation is 4. The van der Waals surface area contributed by atoms with E-state index in [9.17, 15) is 0 Å². The van der Waals surface area contributed by atoms with Crippen molar-refractivity contribution < 1.29 is 0 Å². The lowest BCUT2D eigenvalue weighted by atomic mass is 10.1. The third-order valence-corrected chi connectivity index (χ3v) is 4.88. The Morgan fingerprint density at radius 2 is 1.06 bits per heavy atom. The Hall–Kier alpha value is -1.41. The summed E-state index contributed by atoms with van der Waals surface area (Å²) >= 11 is 0. The van der Waals surface area contributed by atoms with Crippen molar-refractivity contribution in [3.8, 4) is 0 Å². The third-order valence-electron chi connectivity index (χ3n) is 3.43. The van der Waals surface area contributed by atoms with Crippen LogP contribution < -0.4 is 0 Å². The summed E-state index contributed by atoms with van der Waals surface area (Å²) in [5, 5.41) is 0. The lowest BCUT2D eigenvalue weighted by Crippen LogP contribution is -1.94. The van der Waals surface area contributed by atoms with E-state index in [1.54, 1.807) is 0 Å². The molecule has 0 fully saturated rings. The second-order valence-electron chi connectivity index (χ2n) is 4.80. The fraction of sp³-hybridized carbons (Fsp3) is 0.250. The Labute approximate surface area is 112 Å². The fourth-order valence-corrected chi connectivity index (χ4v) is 3.09. The molecule has 94 valence electrons. The van der Waals surface area contributed by atoms with Crippen LogP contribution in [-0.4, -0.2) is 0 Å². The van der Waals surface area contributed by atoms with Crippen LogP contribution in [0.4, 0.5) is 0 Å². The molecule has 0 saturated carbocycles. The minimum Gasteiger partial charge on any atom is -0.271 e. The van der Waals surface area contributed by atoms with Crippen molar-refractivity contribution in [2.45, 2.75) is 37.5 Å². The van der Waals surface area contributed by atoms with E-state index >= 15 is 0 Å². The van der Waals surface area contributed by atoms with E-state index in [1.807, 2.05) is 0 Å². The van der Waals surface area contributed by atoms with Gasteiger partial charge in [0.2, 0.25) is 0 Å². The molecule has 1 nitrogen and oxygen atoms in total. The Morgan fingerprint density at radius 1 is 0.667 bits per heavy atom. The first-order chi connectivity index (χ1) is 8.49. The minimum atomic E-state index is -0.584. The summed E-state index contributed by atoms with van der Waals surface area (Å²) in [4.78, 5) is 2.20. The molecular weight excluding hydrogens is 238 g/mol. The predicted molar refractivity (Wildman–Crippen MR) is 78.4 cm³/mol. The summed E-state index contributed by atoms with van der Waals surface area (Å²) in [6, 6.07) is 12.7. The van der Waals surface area contributed by atoms with Gasteiger partial charge in [0.05, 0.1) is 0 Å². The summed E-state index contributed by atoms with van der Waals surface area (Å²) in [5.41, 5.74) is 5.11. The maximum Gasteiger partial charge on any atom is 0.0232 e. The van der Waals surface area contributed by atoms with Crippen LogP contribution in [0, 0.1) is 32.5 Å². The van der Waals surface area contributed by atoms with Crippen LogP contribution in [0.15, 0.2) is 46.2 Å². The molecule has 0 saturated heterocycles. The van der Waals surface area contributed by atoms with Gasteiger partial charge in [-0.05, 0) is 84.9 Å². The number of nitrogens with one attached hydrogen (secondary N) is 1. The molecule has 0 amide bonds. The van der Waals surface area contributed by atoms with Crippen LogP contribution in [0.25, 0.3) is 0 Å². The highest BCUT2D eigenvalue weighted by Crippen LogP contribution is 2.21. The van der Waals surface area contributed by atoms with Gasteiger partial charge in [-0.25, -0.2) is 0 Å². The summed E-state index contributed by atoms with van der Waals surface area (Å²) in [7, 11) is -0.584. The van der Waals surface area contributed by atoms with E-state index in [0.29, 0.717) is 0 Å². The molecule has 0 bridgehead atoms. The van der Waals surface area contributed by atoms with Crippen LogP contribution in [0.3, 0.4) is 0 Å². The SMILES string of the molecule is Cc1ccc(S(=N)c2ccc(C)c(C)c2)cc1C. The van der Waals surface area contributed by atoms with Crippen molar-refractivity contribution in [3.63, 3.8) is 0 Å². The van der Waals surface area contributed by atoms with Gasteiger partial charge in [0.15, 0.2) is 0 Å². The van der Waals surface area contributed by atoms with Gasteiger partial charge in [0.1, 0.15) is 0 Å². The normalized spacial score (nSPS) is 10.9. The number of hydrogen-bond acceptors (Lipinski definition) is 1. The lowest BCUT2D eigenvalue weighted by molar-refractivity contribution is 1.24. The van der Waals surface area contributed by atoms with Crippen molar-refractivity contribution in [3.05, 3.63) is 58.7 Å². The first-order valence-corrected chi connectivity index (χ1v) is 7.31. The largest absolute Gasteiger partial charge is 0.271 e. The van der Waals surface area contributed by atoms with Gasteiger partial charge in [0.25, 0.3) is 0 Å². The maximum absolute atomic E-state index is 8.42. The van der Waals surface area contributed by atoms with Crippen LogP contribution in [0.5, 0.6) is 0 Å². The van der Waals surface area contributed by atoms with Crippen molar-refractivity contribution in [2.24, 2.45) is 0 Å². The van der Waals surface area contributed by atoms with E-state index in [1.165, 1.54) is 22.3 Å². The second-order valence-corrected chi connectivity index (χ2v) is 6.35. The van der Waals surface area contributed by atoms with Gasteiger partial charge in [-0.2, -0.15) is 0 Å². The number of rotatable bonds is 2. The summed E-state index contributed by atoms with van der Waals surface area (Å²) in [5.74, 6) is 0. The Morgan fingerprint density at radius 3 is 1.39 bits per heavy atom. The predicted octanol–water partition coefficient (Wildman–Crippen LogP) is 4.72. The molecule has 0 aliphatic rings. The first kappa shape index (κ1) is 13.0. The molecule has 0 aliphatic carbocycles. The van der Waals surface area contributed by atoms with E-state index in [-0.39, 0.29) is 0 Å². The summed E-state index contributed by atoms with van der Waals surface area (Å²) in [6.45, 7) is 8.43. The highest BCUT2D eigenvalue weighted by Gasteiger charge is 2.05. The molecular formula is C16H19NS. The second kappa shape index (κ2) is 5.07. The van der Waals surface area contributed by atoms with E-state index in [0.717, 1.165) is 9.79 Å². The molecule has 1 N–H and O–H groups in total. The average Bonchev–Trinajstić information content (AvgIpc) is 2.35. The van der Waals surface area contributed by atoms with Gasteiger partial charge in [-0.1, -0.05) is 12.1 Å². The van der Waals surface area contributed by atoms with Crippen LogP contribution >= 0.6 is 0 Å². The first-order valence-electron chi connectivity index (χ1n) is 6.09. The zero-order valence-corrected chi connectivity index (χ0v) is 12.2. The molecule has 2 rings (SSSR count). The van der Waals surface area contributed by atoms with Crippen LogP contribution in [0.1, 0.15) is 22.3 Å². The van der Waals surface area contributed by atoms with Gasteiger partial charge in [-0.15, -0.1) is 0 Å². The molecule has 2 aromatic rings. The van der Waals surface area contributed by atoms with E-state index in [4.69, 9.17) is 4.78 Å². The van der Waals surface area contributed by atoms with Crippen molar-refractivity contribution in [1.82, 2.24) is 0 Å². The molecule has 18 heavy (non-hydrogen) atoms. The highest BCUT2D eigenvalue weighted by atomic mass is 32.2. The molecule has 0 unspecified atom stereocenters. The van der Waals surface area contributed by atoms with Gasteiger partial charge < -0.3 is 0 Å². The molecule has 0 aliphatic heterocycles. The maximum atomic E-state index is 8.42. The zero-order valence-electron chi connectivity index (χ0n) is 11.4. The van der Waals surface area contributed by atoms with Crippen LogP contribution in [0.2, 0.25) is 0 Å². The van der Waals surface area contributed by atoms with Crippen molar-refractivity contribution in [2.75, 3.05) is 0 Å². The Kier molecular flexibility index (Phi) is 3.67. The number of hydrogen-bond donors (Lipinski definition) is 1. The molecule has 0 heterocycles. The van der Waals surface area contributed by atoms with Gasteiger partial charge in [0, 0.05) is 9.79 Å². The molecule has 2 aromatic carbocycles. The monoisotopic (exact) mass is 257 g/mol. The molecule has 0 radical (unpaired) electrons. The molecule has 0 atom stereocenters. The molecule has 0 spiro atoms. The standard InChI is InChI=1S/C16H19NS/c1-11-5-7-15(9-13(11)3)18(17)16-8-6-12(2)14(4)10-16/h5-10,17H,1-4H3. The lowest BCUT2D eigenvalue weighted by Gasteiger charge is -2.10. The smallest absolute Gasteiger partial charge is 0.0232 e. The number of benzene rings is 2. The quantitative estimate of drug-likeness (QED) is 0.805. The van der Waals surface area contributed by atoms with Crippen molar-refractivity contribution >= 4 is 10.7 Å². The zero-order chi connectivity index (χ0) is 13.3. The summed E-state index contributed by atoms with van der Waals surface area (Å²) < 4.78 is 8.42. The van der Waals surface area contributed by atoms with Gasteiger partial charge in [-0.3, -0.25) is 4.78 Å². The average molecular weight is 257 g/mol. The fourth-order valence-electron chi connectivity index (χ4n) is 1.82. The molecule has 2 heteroatoms. The minimum absolute atomic E-state index is 0.584. The topological polar surface area (TPSA) is 23.9 Å². The summed E-state index contributed by atoms with van der Waals surface area (Å²) in [6.07, 6.45) is 0. The highest BCUT2D eigenvalue weighted by molar-refractivity contribution is 7.86.